The van der Waals surface area contributed by atoms with Crippen molar-refractivity contribution >= 4 is 59.4 Å². The van der Waals surface area contributed by atoms with Gasteiger partial charge in [0, 0.05) is 18.8 Å². The molecule has 4 rings (SSSR count). The van der Waals surface area contributed by atoms with Crippen molar-refractivity contribution in [3.05, 3.63) is 60.2 Å². The van der Waals surface area contributed by atoms with Crippen molar-refractivity contribution in [3.8, 4) is 0 Å². The SMILES string of the molecule is CCN(CC)c1ccc(/N=N/c2nc3sc(/N=N/c4ccc(CCC(C)C)cc4)cc3s2)cc1. The molecule has 0 radical (unpaired) electrons. The van der Waals surface area contributed by atoms with Crippen LogP contribution < -0.4 is 4.90 Å². The van der Waals surface area contributed by atoms with Crippen LogP contribution >= 0.6 is 22.7 Å². The number of thiophene rings is 1. The monoisotopic (exact) mass is 490 g/mol. The fourth-order valence-electron chi connectivity index (χ4n) is 3.51. The van der Waals surface area contributed by atoms with Gasteiger partial charge in [-0.3, -0.25) is 0 Å². The molecule has 176 valence electrons. The number of hydrogen-bond donors (Lipinski definition) is 0. The molecule has 0 spiro atoms. The molecule has 0 saturated carbocycles. The van der Waals surface area contributed by atoms with Gasteiger partial charge in [0.15, 0.2) is 0 Å². The molecule has 8 heteroatoms. The van der Waals surface area contributed by atoms with Gasteiger partial charge in [0.25, 0.3) is 0 Å². The van der Waals surface area contributed by atoms with Crippen molar-refractivity contribution in [2.75, 3.05) is 18.0 Å². The molecule has 0 bridgehead atoms. The molecule has 34 heavy (non-hydrogen) atoms. The Morgan fingerprint density at radius 1 is 0.824 bits per heavy atom. The Bertz CT molecular complexity index is 1220. The Morgan fingerprint density at radius 3 is 2.09 bits per heavy atom. The highest BCUT2D eigenvalue weighted by Gasteiger charge is 2.08. The first-order chi connectivity index (χ1) is 16.5. The second kappa shape index (κ2) is 11.4. The zero-order valence-corrected chi connectivity index (χ0v) is 21.7. The third kappa shape index (κ3) is 6.33. The third-order valence-corrected chi connectivity index (χ3v) is 7.43. The second-order valence-electron chi connectivity index (χ2n) is 8.44. The van der Waals surface area contributed by atoms with Crippen LogP contribution in [0.25, 0.3) is 9.53 Å². The maximum Gasteiger partial charge on any atom is 0.231 e. The van der Waals surface area contributed by atoms with Crippen LogP contribution in [0.2, 0.25) is 0 Å². The van der Waals surface area contributed by atoms with Gasteiger partial charge >= 0.3 is 0 Å². The van der Waals surface area contributed by atoms with Crippen LogP contribution in [0, 0.1) is 5.92 Å². The van der Waals surface area contributed by atoms with Crippen molar-refractivity contribution < 1.29 is 0 Å². The maximum atomic E-state index is 4.59. The highest BCUT2D eigenvalue weighted by molar-refractivity contribution is 7.30. The number of hydrogen-bond acceptors (Lipinski definition) is 8. The van der Waals surface area contributed by atoms with Gasteiger partial charge < -0.3 is 4.90 Å². The lowest BCUT2D eigenvalue weighted by molar-refractivity contribution is 0.587. The van der Waals surface area contributed by atoms with Gasteiger partial charge in [-0.15, -0.1) is 20.5 Å². The Kier molecular flexibility index (Phi) is 8.13. The first kappa shape index (κ1) is 24.2. The number of rotatable bonds is 10. The summed E-state index contributed by atoms with van der Waals surface area (Å²) in [6.07, 6.45) is 2.30. The van der Waals surface area contributed by atoms with Gasteiger partial charge in [-0.05, 0) is 80.6 Å². The van der Waals surface area contributed by atoms with Crippen molar-refractivity contribution in [2.45, 2.75) is 40.5 Å². The zero-order valence-electron chi connectivity index (χ0n) is 20.1. The van der Waals surface area contributed by atoms with E-state index in [4.69, 9.17) is 0 Å². The third-order valence-electron chi connectivity index (χ3n) is 5.51. The lowest BCUT2D eigenvalue weighted by Gasteiger charge is -2.20. The lowest BCUT2D eigenvalue weighted by atomic mass is 10.0. The number of aromatic nitrogens is 1. The summed E-state index contributed by atoms with van der Waals surface area (Å²) in [5.74, 6) is 0.715. The van der Waals surface area contributed by atoms with E-state index in [0.717, 1.165) is 45.4 Å². The van der Waals surface area contributed by atoms with Crippen LogP contribution in [-0.4, -0.2) is 18.1 Å². The van der Waals surface area contributed by atoms with E-state index in [1.54, 1.807) is 0 Å². The maximum absolute atomic E-state index is 4.59. The van der Waals surface area contributed by atoms with E-state index >= 15 is 0 Å². The zero-order chi connectivity index (χ0) is 23.9. The van der Waals surface area contributed by atoms with E-state index in [-0.39, 0.29) is 0 Å². The minimum absolute atomic E-state index is 0.648. The summed E-state index contributed by atoms with van der Waals surface area (Å²) in [6.45, 7) is 10.8. The van der Waals surface area contributed by atoms with Gasteiger partial charge in [-0.1, -0.05) is 48.7 Å². The van der Waals surface area contributed by atoms with E-state index in [1.165, 1.54) is 40.3 Å². The molecule has 6 nitrogen and oxygen atoms in total. The van der Waals surface area contributed by atoms with Crippen LogP contribution in [0.1, 0.15) is 39.7 Å². The predicted octanol–water partition coefficient (Wildman–Crippen LogP) is 9.62. The molecule has 0 saturated heterocycles. The molecule has 0 atom stereocenters. The summed E-state index contributed by atoms with van der Waals surface area (Å²) in [6, 6.07) is 18.5. The Labute approximate surface area is 209 Å². The summed E-state index contributed by atoms with van der Waals surface area (Å²) in [4.78, 5) is 7.80. The van der Waals surface area contributed by atoms with Gasteiger partial charge in [0.1, 0.15) is 9.83 Å². The molecule has 4 aromatic rings. The Hall–Kier alpha value is -2.97. The largest absolute Gasteiger partial charge is 0.372 e. The van der Waals surface area contributed by atoms with Crippen LogP contribution in [0.15, 0.2) is 75.1 Å². The van der Waals surface area contributed by atoms with Gasteiger partial charge in [-0.2, -0.15) is 0 Å². The quantitative estimate of drug-likeness (QED) is 0.208. The minimum atomic E-state index is 0.648. The summed E-state index contributed by atoms with van der Waals surface area (Å²) in [5.41, 5.74) is 4.22. The first-order valence-electron chi connectivity index (χ1n) is 11.7. The molecule has 2 heterocycles. The Morgan fingerprint density at radius 2 is 1.47 bits per heavy atom. The first-order valence-corrected chi connectivity index (χ1v) is 13.3. The number of fused-ring (bicyclic) bond motifs is 1. The Balaban J connectivity index is 1.38. The molecule has 2 aromatic heterocycles. The topological polar surface area (TPSA) is 65.6 Å². The lowest BCUT2D eigenvalue weighted by Crippen LogP contribution is -2.21. The summed E-state index contributed by atoms with van der Waals surface area (Å²) >= 11 is 3.03. The number of nitrogens with zero attached hydrogens (tertiary/aromatic N) is 6. The molecule has 2 aromatic carbocycles. The summed E-state index contributed by atoms with van der Waals surface area (Å²) in [7, 11) is 0. The number of benzene rings is 2. The van der Waals surface area contributed by atoms with Crippen molar-refractivity contribution in [1.82, 2.24) is 4.98 Å². The van der Waals surface area contributed by atoms with Crippen molar-refractivity contribution in [3.63, 3.8) is 0 Å². The predicted molar refractivity (Wildman–Crippen MR) is 145 cm³/mol. The van der Waals surface area contributed by atoms with E-state index in [1.807, 2.05) is 30.3 Å². The van der Waals surface area contributed by atoms with Crippen molar-refractivity contribution in [1.29, 1.82) is 0 Å². The van der Waals surface area contributed by atoms with Gasteiger partial charge in [-0.25, -0.2) is 4.98 Å². The average Bonchev–Trinajstić information content (AvgIpc) is 3.41. The van der Waals surface area contributed by atoms with E-state index < -0.39 is 0 Å². The molecule has 0 amide bonds. The molecule has 0 aliphatic heterocycles. The van der Waals surface area contributed by atoms with Gasteiger partial charge in [0.2, 0.25) is 5.13 Å². The van der Waals surface area contributed by atoms with Crippen LogP contribution in [0.3, 0.4) is 0 Å². The fraction of sp³-hybridized carbons (Fsp3) is 0.346. The number of thiazole rings is 1. The summed E-state index contributed by atoms with van der Waals surface area (Å²) in [5, 5.41) is 19.0. The molecule has 0 aliphatic rings. The van der Waals surface area contributed by atoms with Crippen LogP contribution in [0.4, 0.5) is 27.2 Å². The van der Waals surface area contributed by atoms with Crippen LogP contribution in [-0.2, 0) is 6.42 Å². The summed E-state index contributed by atoms with van der Waals surface area (Å²) < 4.78 is 1.05. The smallest absolute Gasteiger partial charge is 0.231 e. The molecule has 0 aliphatic carbocycles. The van der Waals surface area contributed by atoms with Crippen LogP contribution in [0.5, 0.6) is 0 Å². The number of aryl methyl sites for hydroxylation is 1. The van der Waals surface area contributed by atoms with Gasteiger partial charge in [0.05, 0.1) is 16.1 Å². The highest BCUT2D eigenvalue weighted by Crippen LogP contribution is 2.39. The minimum Gasteiger partial charge on any atom is -0.372 e. The molecule has 0 fully saturated rings. The highest BCUT2D eigenvalue weighted by atomic mass is 32.1. The normalized spacial score (nSPS) is 12.0. The van der Waals surface area contributed by atoms with E-state index in [9.17, 15) is 0 Å². The average molecular weight is 491 g/mol. The number of anilines is 1. The van der Waals surface area contributed by atoms with E-state index in [2.05, 4.69) is 82.3 Å². The molecular formula is C26H30N6S2. The number of azo groups is 2. The molecular weight excluding hydrogens is 460 g/mol. The van der Waals surface area contributed by atoms with E-state index in [0.29, 0.717) is 11.0 Å². The standard InChI is InChI=1S/C26H30N6S2/c1-5-32(6-2)22-15-13-21(14-16-22)29-31-26-27-25-23(33-26)17-24(34-25)30-28-20-11-9-19(10-12-20)8-7-18(3)4/h9-18H,5-8H2,1-4H3/b30-28+,31-29+. The van der Waals surface area contributed by atoms with Crippen molar-refractivity contribution in [2.24, 2.45) is 26.4 Å². The molecule has 0 unspecified atom stereocenters. The second-order valence-corrected chi connectivity index (χ2v) is 10.5. The molecule has 0 N–H and O–H groups in total. The fourth-order valence-corrected chi connectivity index (χ4v) is 5.36.